The molecule has 4 N–H and O–H groups in total. The number of nitrogens with one attached hydrogen (secondary N) is 2. The number of benzene rings is 1. The van der Waals surface area contributed by atoms with E-state index >= 15 is 0 Å². The fourth-order valence-electron chi connectivity index (χ4n) is 1.46. The molecule has 0 bridgehead atoms. The molecule has 0 aromatic heterocycles. The smallest absolute Gasteiger partial charge is 0.338 e. The molecule has 0 aliphatic heterocycles. The number of hydrogen-bond donors (Lipinski definition) is 3. The molecule has 7 nitrogen and oxygen atoms in total. The minimum Gasteiger partial charge on any atom is -0.452 e. The number of rotatable bonds is 6. The van der Waals surface area contributed by atoms with E-state index in [-0.39, 0.29) is 24.1 Å². The van der Waals surface area contributed by atoms with Crippen molar-refractivity contribution < 1.29 is 19.1 Å². The Morgan fingerprint density at radius 3 is 2.38 bits per heavy atom. The van der Waals surface area contributed by atoms with Gasteiger partial charge in [0.1, 0.15) is 0 Å². The van der Waals surface area contributed by atoms with Crippen molar-refractivity contribution in [3.05, 3.63) is 29.8 Å². The molecule has 0 aliphatic rings. The summed E-state index contributed by atoms with van der Waals surface area (Å²) in [5, 5.41) is 5.06. The number of esters is 1. The van der Waals surface area contributed by atoms with E-state index in [0.717, 1.165) is 6.42 Å². The van der Waals surface area contributed by atoms with Gasteiger partial charge in [0.15, 0.2) is 6.61 Å². The van der Waals surface area contributed by atoms with Gasteiger partial charge in [-0.05, 0) is 37.6 Å². The average molecular weight is 293 g/mol. The summed E-state index contributed by atoms with van der Waals surface area (Å²) in [7, 11) is 0. The van der Waals surface area contributed by atoms with Crippen LogP contribution in [0.2, 0.25) is 0 Å². The molecule has 1 unspecified atom stereocenters. The highest BCUT2D eigenvalue weighted by atomic mass is 16.5. The first-order valence-corrected chi connectivity index (χ1v) is 6.55. The highest BCUT2D eigenvalue weighted by Gasteiger charge is 2.11. The van der Waals surface area contributed by atoms with Gasteiger partial charge in [-0.1, -0.05) is 6.92 Å². The van der Waals surface area contributed by atoms with E-state index in [1.807, 2.05) is 13.8 Å². The Morgan fingerprint density at radius 2 is 1.86 bits per heavy atom. The van der Waals surface area contributed by atoms with Crippen molar-refractivity contribution in [3.8, 4) is 0 Å². The molecule has 7 heteroatoms. The van der Waals surface area contributed by atoms with Gasteiger partial charge in [-0.15, -0.1) is 0 Å². The number of urea groups is 1. The standard InChI is InChI=1S/C14H19N3O4/c1-3-9(2)16-12(18)8-21-13(19)10-4-6-11(7-5-10)17-14(15)20/h4-7,9H,3,8H2,1-2H3,(H,16,18)(H3,15,17,20). The van der Waals surface area contributed by atoms with Gasteiger partial charge in [-0.2, -0.15) is 0 Å². The first kappa shape index (κ1) is 16.5. The first-order valence-electron chi connectivity index (χ1n) is 6.55. The molecule has 1 atom stereocenters. The summed E-state index contributed by atoms with van der Waals surface area (Å²) in [5.41, 5.74) is 5.71. The van der Waals surface area contributed by atoms with Crippen molar-refractivity contribution in [2.24, 2.45) is 5.73 Å². The molecule has 0 heterocycles. The monoisotopic (exact) mass is 293 g/mol. The molecule has 114 valence electrons. The summed E-state index contributed by atoms with van der Waals surface area (Å²) in [6.07, 6.45) is 0.800. The van der Waals surface area contributed by atoms with Crippen molar-refractivity contribution >= 4 is 23.6 Å². The van der Waals surface area contributed by atoms with Crippen LogP contribution in [-0.2, 0) is 9.53 Å². The predicted octanol–water partition coefficient (Wildman–Crippen LogP) is 1.25. The average Bonchev–Trinajstić information content (AvgIpc) is 2.44. The Labute approximate surface area is 122 Å². The zero-order valence-corrected chi connectivity index (χ0v) is 12.0. The van der Waals surface area contributed by atoms with Gasteiger partial charge in [0.25, 0.3) is 5.91 Å². The van der Waals surface area contributed by atoms with Gasteiger partial charge in [-0.25, -0.2) is 9.59 Å². The Morgan fingerprint density at radius 1 is 1.24 bits per heavy atom. The van der Waals surface area contributed by atoms with Crippen molar-refractivity contribution in [1.29, 1.82) is 0 Å². The summed E-state index contributed by atoms with van der Waals surface area (Å²) in [6, 6.07) is 5.32. The molecule has 0 saturated heterocycles. The van der Waals surface area contributed by atoms with Crippen LogP contribution in [0.1, 0.15) is 30.6 Å². The lowest BCUT2D eigenvalue weighted by molar-refractivity contribution is -0.124. The van der Waals surface area contributed by atoms with Gasteiger partial charge < -0.3 is 21.1 Å². The minimum atomic E-state index is -0.688. The van der Waals surface area contributed by atoms with Crippen LogP contribution in [0, 0.1) is 0 Å². The number of hydrogen-bond acceptors (Lipinski definition) is 4. The van der Waals surface area contributed by atoms with Crippen LogP contribution in [0.4, 0.5) is 10.5 Å². The zero-order valence-electron chi connectivity index (χ0n) is 12.0. The maximum absolute atomic E-state index is 11.7. The van der Waals surface area contributed by atoms with Crippen molar-refractivity contribution in [2.45, 2.75) is 26.3 Å². The first-order chi connectivity index (χ1) is 9.92. The number of ether oxygens (including phenoxy) is 1. The number of carbonyl (C=O) groups is 3. The van der Waals surface area contributed by atoms with Crippen LogP contribution in [0.15, 0.2) is 24.3 Å². The highest BCUT2D eigenvalue weighted by molar-refractivity contribution is 5.93. The molecular formula is C14H19N3O4. The second-order valence-corrected chi connectivity index (χ2v) is 4.52. The topological polar surface area (TPSA) is 111 Å². The summed E-state index contributed by atoms with van der Waals surface area (Å²) >= 11 is 0. The summed E-state index contributed by atoms with van der Waals surface area (Å²) < 4.78 is 4.89. The number of amides is 3. The molecule has 0 aliphatic carbocycles. The molecule has 1 aromatic carbocycles. The molecule has 21 heavy (non-hydrogen) atoms. The summed E-state index contributed by atoms with van der Waals surface area (Å²) in [4.78, 5) is 33.9. The van der Waals surface area contributed by atoms with Gasteiger partial charge in [0.05, 0.1) is 5.56 Å². The molecule has 1 rings (SSSR count). The highest BCUT2D eigenvalue weighted by Crippen LogP contribution is 2.10. The number of nitrogens with two attached hydrogens (primary N) is 1. The largest absolute Gasteiger partial charge is 0.452 e. The second-order valence-electron chi connectivity index (χ2n) is 4.52. The van der Waals surface area contributed by atoms with Gasteiger partial charge in [-0.3, -0.25) is 4.79 Å². The molecule has 0 radical (unpaired) electrons. The molecule has 3 amide bonds. The van der Waals surface area contributed by atoms with Gasteiger partial charge >= 0.3 is 12.0 Å². The molecule has 0 spiro atoms. The molecule has 0 fully saturated rings. The number of primary amides is 1. The number of carbonyl (C=O) groups excluding carboxylic acids is 3. The predicted molar refractivity (Wildman–Crippen MR) is 77.8 cm³/mol. The maximum Gasteiger partial charge on any atom is 0.338 e. The van der Waals surface area contributed by atoms with Crippen LogP contribution in [0.25, 0.3) is 0 Å². The Balaban J connectivity index is 2.48. The fraction of sp³-hybridized carbons (Fsp3) is 0.357. The van der Waals surface area contributed by atoms with Crippen LogP contribution >= 0.6 is 0 Å². The maximum atomic E-state index is 11.7. The van der Waals surface area contributed by atoms with E-state index in [9.17, 15) is 14.4 Å². The third-order valence-corrected chi connectivity index (χ3v) is 2.74. The Kier molecular flexibility index (Phi) is 6.19. The Hall–Kier alpha value is -2.57. The Bertz CT molecular complexity index is 513. The van der Waals surface area contributed by atoms with E-state index in [1.165, 1.54) is 24.3 Å². The van der Waals surface area contributed by atoms with Gasteiger partial charge in [0.2, 0.25) is 0 Å². The van der Waals surface area contributed by atoms with Crippen LogP contribution in [0.5, 0.6) is 0 Å². The lowest BCUT2D eigenvalue weighted by Crippen LogP contribution is -2.35. The zero-order chi connectivity index (χ0) is 15.8. The molecular weight excluding hydrogens is 274 g/mol. The van der Waals surface area contributed by atoms with E-state index in [4.69, 9.17) is 10.5 Å². The summed E-state index contributed by atoms with van der Waals surface area (Å²) in [6.45, 7) is 3.48. The fourth-order valence-corrected chi connectivity index (χ4v) is 1.46. The summed E-state index contributed by atoms with van der Waals surface area (Å²) in [5.74, 6) is -0.954. The lowest BCUT2D eigenvalue weighted by Gasteiger charge is -2.11. The van der Waals surface area contributed by atoms with E-state index < -0.39 is 12.0 Å². The van der Waals surface area contributed by atoms with Crippen LogP contribution in [0.3, 0.4) is 0 Å². The minimum absolute atomic E-state index is 0.0374. The van der Waals surface area contributed by atoms with E-state index in [1.54, 1.807) is 0 Å². The SMILES string of the molecule is CCC(C)NC(=O)COC(=O)c1ccc(NC(N)=O)cc1. The second kappa shape index (κ2) is 7.88. The van der Waals surface area contributed by atoms with Crippen molar-refractivity contribution in [3.63, 3.8) is 0 Å². The van der Waals surface area contributed by atoms with Gasteiger partial charge in [0, 0.05) is 11.7 Å². The molecule has 1 aromatic rings. The quantitative estimate of drug-likeness (QED) is 0.685. The van der Waals surface area contributed by atoms with E-state index in [2.05, 4.69) is 10.6 Å². The van der Waals surface area contributed by atoms with Crippen molar-refractivity contribution in [2.75, 3.05) is 11.9 Å². The third kappa shape index (κ3) is 5.94. The van der Waals surface area contributed by atoms with E-state index in [0.29, 0.717) is 5.69 Å². The normalized spacial score (nSPS) is 11.3. The molecule has 0 saturated carbocycles. The van der Waals surface area contributed by atoms with Crippen molar-refractivity contribution in [1.82, 2.24) is 5.32 Å². The van der Waals surface area contributed by atoms with Crippen LogP contribution < -0.4 is 16.4 Å². The number of anilines is 1. The van der Waals surface area contributed by atoms with Crippen LogP contribution in [-0.4, -0.2) is 30.6 Å². The third-order valence-electron chi connectivity index (χ3n) is 2.74. The lowest BCUT2D eigenvalue weighted by atomic mass is 10.2.